The van der Waals surface area contributed by atoms with Crippen LogP contribution in [0, 0.1) is 13.8 Å². The predicted molar refractivity (Wildman–Crippen MR) is 92.1 cm³/mol. The van der Waals surface area contributed by atoms with Gasteiger partial charge in [-0.25, -0.2) is 0 Å². The number of benzene rings is 1. The molecule has 1 N–H and O–H groups in total. The number of nitrogens with one attached hydrogen (secondary N) is 1. The van der Waals surface area contributed by atoms with E-state index >= 15 is 0 Å². The molecule has 0 unspecified atom stereocenters. The van der Waals surface area contributed by atoms with Crippen LogP contribution in [0.5, 0.6) is 0 Å². The van der Waals surface area contributed by atoms with Crippen molar-refractivity contribution in [3.8, 4) is 0 Å². The number of para-hydroxylation sites is 1. The molecule has 0 saturated carbocycles. The van der Waals surface area contributed by atoms with E-state index in [1.54, 1.807) is 17.8 Å². The Labute approximate surface area is 143 Å². The molecule has 0 aliphatic rings. The van der Waals surface area contributed by atoms with Crippen molar-refractivity contribution in [3.05, 3.63) is 46.2 Å². The highest BCUT2D eigenvalue weighted by atomic mass is 79.9. The van der Waals surface area contributed by atoms with Crippen LogP contribution in [0.4, 0.5) is 5.69 Å². The van der Waals surface area contributed by atoms with Gasteiger partial charge in [-0.15, -0.1) is 0 Å². The molecule has 0 fully saturated rings. The summed E-state index contributed by atoms with van der Waals surface area (Å²) in [6.45, 7) is 3.88. The zero-order valence-electron chi connectivity index (χ0n) is 13.3. The monoisotopic (exact) mass is 378 g/mol. The Morgan fingerprint density at radius 2 is 2.00 bits per heavy atom. The van der Waals surface area contributed by atoms with Gasteiger partial charge in [-0.1, -0.05) is 12.1 Å². The fourth-order valence-electron chi connectivity index (χ4n) is 2.14. The van der Waals surface area contributed by atoms with Gasteiger partial charge in [0.2, 0.25) is 11.8 Å². The Balaban J connectivity index is 1.91. The minimum atomic E-state index is -0.249. The smallest absolute Gasteiger partial charge is 0.244 e. The SMILES string of the molecule is Cc1cc(C)n(CC(=O)N(C)CC(=O)Nc2ccccc2Br)n1. The molecule has 2 rings (SSSR count). The number of halogens is 1. The van der Waals surface area contributed by atoms with Crippen molar-refractivity contribution in [1.29, 1.82) is 0 Å². The van der Waals surface area contributed by atoms with E-state index in [9.17, 15) is 9.59 Å². The third kappa shape index (κ3) is 4.66. The molecule has 1 aromatic heterocycles. The molecule has 6 nitrogen and oxygen atoms in total. The topological polar surface area (TPSA) is 67.2 Å². The fourth-order valence-corrected chi connectivity index (χ4v) is 2.52. The van der Waals surface area contributed by atoms with Gasteiger partial charge >= 0.3 is 0 Å². The van der Waals surface area contributed by atoms with Gasteiger partial charge in [-0.05, 0) is 48.0 Å². The molecule has 1 heterocycles. The minimum Gasteiger partial charge on any atom is -0.335 e. The van der Waals surface area contributed by atoms with Gasteiger partial charge in [0, 0.05) is 17.2 Å². The number of hydrogen-bond acceptors (Lipinski definition) is 3. The number of nitrogens with zero attached hydrogens (tertiary/aromatic N) is 3. The number of aryl methyl sites for hydroxylation is 2. The number of carbonyl (C=O) groups excluding carboxylic acids is 2. The Morgan fingerprint density at radius 1 is 1.30 bits per heavy atom. The summed E-state index contributed by atoms with van der Waals surface area (Å²) in [4.78, 5) is 25.7. The molecule has 2 aromatic rings. The average molecular weight is 379 g/mol. The van der Waals surface area contributed by atoms with Crippen LogP contribution >= 0.6 is 15.9 Å². The zero-order valence-corrected chi connectivity index (χ0v) is 14.9. The standard InChI is InChI=1S/C16H19BrN4O2/c1-11-8-12(2)21(19-11)10-16(23)20(3)9-15(22)18-14-7-5-4-6-13(14)17/h4-8H,9-10H2,1-3H3,(H,18,22). The zero-order chi connectivity index (χ0) is 17.0. The predicted octanol–water partition coefficient (Wildman–Crippen LogP) is 2.36. The largest absolute Gasteiger partial charge is 0.335 e. The molecule has 23 heavy (non-hydrogen) atoms. The minimum absolute atomic E-state index is 0.0144. The maximum absolute atomic E-state index is 12.2. The molecule has 0 atom stereocenters. The molecule has 0 spiro atoms. The summed E-state index contributed by atoms with van der Waals surface area (Å²) in [5.74, 6) is -0.417. The van der Waals surface area contributed by atoms with Crippen molar-refractivity contribution in [2.24, 2.45) is 0 Å². The molecular formula is C16H19BrN4O2. The first kappa shape index (κ1) is 17.2. The number of carbonyl (C=O) groups is 2. The highest BCUT2D eigenvalue weighted by molar-refractivity contribution is 9.10. The van der Waals surface area contributed by atoms with E-state index < -0.39 is 0 Å². The van der Waals surface area contributed by atoms with E-state index in [2.05, 4.69) is 26.3 Å². The quantitative estimate of drug-likeness (QED) is 0.868. The Bertz CT molecular complexity index is 727. The van der Waals surface area contributed by atoms with E-state index in [0.29, 0.717) is 5.69 Å². The molecule has 1 aromatic carbocycles. The van der Waals surface area contributed by atoms with Gasteiger partial charge in [0.15, 0.2) is 0 Å². The van der Waals surface area contributed by atoms with Crippen molar-refractivity contribution in [2.45, 2.75) is 20.4 Å². The van der Waals surface area contributed by atoms with E-state index in [1.807, 2.05) is 38.1 Å². The van der Waals surface area contributed by atoms with Gasteiger partial charge < -0.3 is 10.2 Å². The second-order valence-corrected chi connectivity index (χ2v) is 6.22. The Morgan fingerprint density at radius 3 is 2.61 bits per heavy atom. The van der Waals surface area contributed by atoms with Crippen LogP contribution in [0.25, 0.3) is 0 Å². The number of rotatable bonds is 5. The van der Waals surface area contributed by atoms with Crippen molar-refractivity contribution in [3.63, 3.8) is 0 Å². The third-order valence-electron chi connectivity index (χ3n) is 3.34. The molecular weight excluding hydrogens is 360 g/mol. The van der Waals surface area contributed by atoms with Crippen LogP contribution in [-0.4, -0.2) is 40.1 Å². The normalized spacial score (nSPS) is 10.4. The second-order valence-electron chi connectivity index (χ2n) is 5.36. The lowest BCUT2D eigenvalue weighted by Crippen LogP contribution is -2.37. The molecule has 0 saturated heterocycles. The van der Waals surface area contributed by atoms with Gasteiger partial charge in [0.1, 0.15) is 6.54 Å². The Hall–Kier alpha value is -2.15. The number of hydrogen-bond donors (Lipinski definition) is 1. The molecule has 0 aliphatic carbocycles. The molecule has 0 radical (unpaired) electrons. The van der Waals surface area contributed by atoms with Crippen LogP contribution < -0.4 is 5.32 Å². The summed E-state index contributed by atoms with van der Waals surface area (Å²) in [6.07, 6.45) is 0. The van der Waals surface area contributed by atoms with Crippen molar-refractivity contribution < 1.29 is 9.59 Å². The van der Waals surface area contributed by atoms with E-state index in [1.165, 1.54) is 4.90 Å². The average Bonchev–Trinajstić information content (AvgIpc) is 2.79. The van der Waals surface area contributed by atoms with Crippen LogP contribution in [0.1, 0.15) is 11.4 Å². The second kappa shape index (κ2) is 7.41. The van der Waals surface area contributed by atoms with Crippen molar-refractivity contribution >= 4 is 33.4 Å². The third-order valence-corrected chi connectivity index (χ3v) is 4.03. The number of anilines is 1. The van der Waals surface area contributed by atoms with E-state index in [4.69, 9.17) is 0 Å². The van der Waals surface area contributed by atoms with Gasteiger partial charge in [0.25, 0.3) is 0 Å². The molecule has 2 amide bonds. The van der Waals surface area contributed by atoms with Crippen LogP contribution in [0.2, 0.25) is 0 Å². The first-order valence-electron chi connectivity index (χ1n) is 7.16. The summed E-state index contributed by atoms with van der Waals surface area (Å²) < 4.78 is 2.44. The molecule has 122 valence electrons. The lowest BCUT2D eigenvalue weighted by Gasteiger charge is -2.17. The van der Waals surface area contributed by atoms with Gasteiger partial charge in [-0.2, -0.15) is 5.10 Å². The van der Waals surface area contributed by atoms with Crippen LogP contribution in [0.3, 0.4) is 0 Å². The highest BCUT2D eigenvalue weighted by Crippen LogP contribution is 2.20. The lowest BCUT2D eigenvalue weighted by atomic mass is 10.3. The van der Waals surface area contributed by atoms with Gasteiger partial charge in [0.05, 0.1) is 17.9 Å². The van der Waals surface area contributed by atoms with Gasteiger partial charge in [-0.3, -0.25) is 14.3 Å². The molecule has 7 heteroatoms. The lowest BCUT2D eigenvalue weighted by molar-refractivity contribution is -0.134. The van der Waals surface area contributed by atoms with Crippen LogP contribution in [-0.2, 0) is 16.1 Å². The maximum atomic E-state index is 12.2. The number of amides is 2. The first-order valence-corrected chi connectivity index (χ1v) is 7.95. The van der Waals surface area contributed by atoms with Crippen LogP contribution in [0.15, 0.2) is 34.8 Å². The van der Waals surface area contributed by atoms with E-state index in [0.717, 1.165) is 15.9 Å². The summed E-state index contributed by atoms with van der Waals surface area (Å²) >= 11 is 3.37. The van der Waals surface area contributed by atoms with E-state index in [-0.39, 0.29) is 24.9 Å². The first-order chi connectivity index (χ1) is 10.9. The Kier molecular flexibility index (Phi) is 5.54. The number of likely N-dealkylation sites (N-methyl/N-ethyl adjacent to an activating group) is 1. The molecule has 0 aliphatic heterocycles. The maximum Gasteiger partial charge on any atom is 0.244 e. The summed E-state index contributed by atoms with van der Waals surface area (Å²) in [5.41, 5.74) is 2.46. The fraction of sp³-hybridized carbons (Fsp3) is 0.312. The summed E-state index contributed by atoms with van der Waals surface area (Å²) in [6, 6.07) is 9.24. The number of aromatic nitrogens is 2. The highest BCUT2D eigenvalue weighted by Gasteiger charge is 2.15. The summed E-state index contributed by atoms with van der Waals surface area (Å²) in [5, 5.41) is 7.03. The van der Waals surface area contributed by atoms with Crippen molar-refractivity contribution in [1.82, 2.24) is 14.7 Å². The molecule has 0 bridgehead atoms. The summed E-state index contributed by atoms with van der Waals surface area (Å²) in [7, 11) is 1.60. The van der Waals surface area contributed by atoms with Crippen molar-refractivity contribution in [2.75, 3.05) is 18.9 Å².